The zero-order valence-corrected chi connectivity index (χ0v) is 11.7. The highest BCUT2D eigenvalue weighted by atomic mass is 16.3. The van der Waals surface area contributed by atoms with Crippen LogP contribution in [0.5, 0.6) is 0 Å². The first kappa shape index (κ1) is 12.0. The summed E-state index contributed by atoms with van der Waals surface area (Å²) in [5.74, 6) is 0.713. The molecule has 3 rings (SSSR count). The van der Waals surface area contributed by atoms with Gasteiger partial charge in [0.1, 0.15) is 5.52 Å². The van der Waals surface area contributed by atoms with E-state index in [1.807, 2.05) is 0 Å². The Hall–Kier alpha value is -2.09. The van der Waals surface area contributed by atoms with E-state index in [0.717, 1.165) is 22.2 Å². The first-order valence-electron chi connectivity index (χ1n) is 6.50. The Balaban J connectivity index is 2.26. The molecule has 2 heteroatoms. The van der Waals surface area contributed by atoms with Crippen molar-refractivity contribution in [2.45, 2.75) is 27.7 Å². The van der Waals surface area contributed by atoms with Gasteiger partial charge in [-0.1, -0.05) is 23.8 Å². The number of nitrogens with zero attached hydrogens (tertiary/aromatic N) is 1. The van der Waals surface area contributed by atoms with Crippen LogP contribution in [0.3, 0.4) is 0 Å². The first-order chi connectivity index (χ1) is 9.04. The summed E-state index contributed by atoms with van der Waals surface area (Å²) in [5, 5.41) is 0. The number of rotatable bonds is 1. The zero-order valence-electron chi connectivity index (χ0n) is 11.7. The number of fused-ring (bicyclic) bond motifs is 1. The summed E-state index contributed by atoms with van der Waals surface area (Å²) in [6.45, 7) is 8.31. The third kappa shape index (κ3) is 2.03. The standard InChI is InChI=1S/C17H17NO/c1-10-5-6-12(3)14(8-10)17-18-15-9-11(2)7-13(4)16(15)19-17/h5-9H,1-4H3. The van der Waals surface area contributed by atoms with Crippen LogP contribution in [0.4, 0.5) is 0 Å². The van der Waals surface area contributed by atoms with E-state index in [0.29, 0.717) is 5.89 Å². The first-order valence-corrected chi connectivity index (χ1v) is 6.50. The van der Waals surface area contributed by atoms with Gasteiger partial charge in [0, 0.05) is 5.56 Å². The number of hydrogen-bond acceptors (Lipinski definition) is 2. The highest BCUT2D eigenvalue weighted by Crippen LogP contribution is 2.29. The molecule has 0 aliphatic heterocycles. The van der Waals surface area contributed by atoms with Gasteiger partial charge in [0.15, 0.2) is 5.58 Å². The van der Waals surface area contributed by atoms with Crippen molar-refractivity contribution < 1.29 is 4.42 Å². The van der Waals surface area contributed by atoms with Crippen molar-refractivity contribution in [2.24, 2.45) is 0 Å². The van der Waals surface area contributed by atoms with Crippen LogP contribution < -0.4 is 0 Å². The molecule has 0 aliphatic rings. The maximum Gasteiger partial charge on any atom is 0.227 e. The molecular formula is C17H17NO. The zero-order chi connectivity index (χ0) is 13.6. The fraction of sp³-hybridized carbons (Fsp3) is 0.235. The summed E-state index contributed by atoms with van der Waals surface area (Å²) in [7, 11) is 0. The van der Waals surface area contributed by atoms with Crippen LogP contribution in [-0.2, 0) is 0 Å². The number of aromatic nitrogens is 1. The molecule has 19 heavy (non-hydrogen) atoms. The van der Waals surface area contributed by atoms with Crippen molar-refractivity contribution in [1.29, 1.82) is 0 Å². The minimum Gasteiger partial charge on any atom is -0.436 e. The van der Waals surface area contributed by atoms with Gasteiger partial charge in [-0.2, -0.15) is 0 Å². The van der Waals surface area contributed by atoms with Crippen LogP contribution in [0.1, 0.15) is 22.3 Å². The number of benzene rings is 2. The number of aryl methyl sites for hydroxylation is 4. The SMILES string of the molecule is Cc1ccc(C)c(-c2nc3cc(C)cc(C)c3o2)c1. The molecule has 1 heterocycles. The van der Waals surface area contributed by atoms with Crippen molar-refractivity contribution in [2.75, 3.05) is 0 Å². The summed E-state index contributed by atoms with van der Waals surface area (Å²) < 4.78 is 5.96. The highest BCUT2D eigenvalue weighted by molar-refractivity contribution is 5.80. The maximum absolute atomic E-state index is 5.96. The maximum atomic E-state index is 5.96. The minimum absolute atomic E-state index is 0.713. The Morgan fingerprint density at radius 3 is 2.42 bits per heavy atom. The Bertz CT molecular complexity index is 768. The van der Waals surface area contributed by atoms with E-state index in [9.17, 15) is 0 Å². The third-order valence-corrected chi connectivity index (χ3v) is 3.44. The van der Waals surface area contributed by atoms with E-state index >= 15 is 0 Å². The highest BCUT2D eigenvalue weighted by Gasteiger charge is 2.12. The van der Waals surface area contributed by atoms with Gasteiger partial charge in [-0.15, -0.1) is 0 Å². The molecule has 0 aliphatic carbocycles. The molecule has 1 aromatic heterocycles. The lowest BCUT2D eigenvalue weighted by atomic mass is 10.1. The Morgan fingerprint density at radius 1 is 0.842 bits per heavy atom. The summed E-state index contributed by atoms with van der Waals surface area (Å²) in [4.78, 5) is 4.64. The quantitative estimate of drug-likeness (QED) is 0.625. The van der Waals surface area contributed by atoms with Gasteiger partial charge >= 0.3 is 0 Å². The number of oxazole rings is 1. The van der Waals surface area contributed by atoms with E-state index in [1.54, 1.807) is 0 Å². The van der Waals surface area contributed by atoms with Crippen LogP contribution in [0.25, 0.3) is 22.6 Å². The van der Waals surface area contributed by atoms with Gasteiger partial charge in [-0.05, 0) is 56.5 Å². The topological polar surface area (TPSA) is 26.0 Å². The second-order valence-electron chi connectivity index (χ2n) is 5.27. The molecule has 3 aromatic rings. The lowest BCUT2D eigenvalue weighted by molar-refractivity contribution is 0.616. The molecule has 0 fully saturated rings. The normalized spacial score (nSPS) is 11.2. The van der Waals surface area contributed by atoms with Gasteiger partial charge in [-0.25, -0.2) is 4.98 Å². The van der Waals surface area contributed by atoms with Crippen molar-refractivity contribution in [3.63, 3.8) is 0 Å². The molecule has 0 amide bonds. The second kappa shape index (κ2) is 4.23. The van der Waals surface area contributed by atoms with Gasteiger partial charge in [0.05, 0.1) is 0 Å². The van der Waals surface area contributed by atoms with Crippen molar-refractivity contribution in [1.82, 2.24) is 4.98 Å². The second-order valence-corrected chi connectivity index (χ2v) is 5.27. The lowest BCUT2D eigenvalue weighted by Gasteiger charge is -2.02. The van der Waals surface area contributed by atoms with Crippen molar-refractivity contribution in [3.8, 4) is 11.5 Å². The molecule has 0 atom stereocenters. The summed E-state index contributed by atoms with van der Waals surface area (Å²) in [6.07, 6.45) is 0. The van der Waals surface area contributed by atoms with Gasteiger partial charge < -0.3 is 4.42 Å². The molecule has 0 bridgehead atoms. The monoisotopic (exact) mass is 251 g/mol. The van der Waals surface area contributed by atoms with Crippen LogP contribution >= 0.6 is 0 Å². The predicted molar refractivity (Wildman–Crippen MR) is 78.4 cm³/mol. The smallest absolute Gasteiger partial charge is 0.227 e. The molecule has 2 aromatic carbocycles. The average Bonchev–Trinajstić information content (AvgIpc) is 2.76. The van der Waals surface area contributed by atoms with E-state index in [-0.39, 0.29) is 0 Å². The van der Waals surface area contributed by atoms with E-state index in [1.165, 1.54) is 16.7 Å². The fourth-order valence-electron chi connectivity index (χ4n) is 2.46. The molecule has 0 saturated carbocycles. The molecule has 0 radical (unpaired) electrons. The molecule has 0 N–H and O–H groups in total. The largest absolute Gasteiger partial charge is 0.436 e. The van der Waals surface area contributed by atoms with Gasteiger partial charge in [0.2, 0.25) is 5.89 Å². The van der Waals surface area contributed by atoms with E-state index in [2.05, 4.69) is 63.0 Å². The van der Waals surface area contributed by atoms with E-state index < -0.39 is 0 Å². The van der Waals surface area contributed by atoms with Crippen LogP contribution in [-0.4, -0.2) is 4.98 Å². The molecule has 2 nitrogen and oxygen atoms in total. The fourth-order valence-corrected chi connectivity index (χ4v) is 2.46. The molecule has 0 unspecified atom stereocenters. The Labute approximate surface area is 113 Å². The summed E-state index contributed by atoms with van der Waals surface area (Å²) in [5.41, 5.74) is 7.66. The average molecular weight is 251 g/mol. The van der Waals surface area contributed by atoms with Crippen LogP contribution in [0, 0.1) is 27.7 Å². The van der Waals surface area contributed by atoms with E-state index in [4.69, 9.17) is 4.42 Å². The minimum atomic E-state index is 0.713. The third-order valence-electron chi connectivity index (χ3n) is 3.44. The molecule has 96 valence electrons. The molecule has 0 spiro atoms. The Morgan fingerprint density at radius 2 is 1.63 bits per heavy atom. The number of hydrogen-bond donors (Lipinski definition) is 0. The summed E-state index contributed by atoms with van der Waals surface area (Å²) in [6, 6.07) is 10.5. The summed E-state index contributed by atoms with van der Waals surface area (Å²) >= 11 is 0. The molecular weight excluding hydrogens is 234 g/mol. The van der Waals surface area contributed by atoms with Gasteiger partial charge in [0.25, 0.3) is 0 Å². The van der Waals surface area contributed by atoms with Gasteiger partial charge in [-0.3, -0.25) is 0 Å². The Kier molecular flexibility index (Phi) is 2.67. The van der Waals surface area contributed by atoms with Crippen LogP contribution in [0.15, 0.2) is 34.7 Å². The van der Waals surface area contributed by atoms with Crippen molar-refractivity contribution >= 4 is 11.1 Å². The van der Waals surface area contributed by atoms with Crippen LogP contribution in [0.2, 0.25) is 0 Å². The van der Waals surface area contributed by atoms with Crippen molar-refractivity contribution in [3.05, 3.63) is 52.6 Å². The lowest BCUT2D eigenvalue weighted by Crippen LogP contribution is -1.84. The predicted octanol–water partition coefficient (Wildman–Crippen LogP) is 4.73. The molecule has 0 saturated heterocycles.